The molecule has 3 nitrogen and oxygen atoms in total. The lowest BCUT2D eigenvalue weighted by atomic mass is 9.91. The van der Waals surface area contributed by atoms with E-state index >= 15 is 0 Å². The summed E-state index contributed by atoms with van der Waals surface area (Å²) in [6, 6.07) is 6.62. The molecule has 0 saturated heterocycles. The number of fused-ring (bicyclic) bond motifs is 2. The minimum atomic E-state index is 0.570. The van der Waals surface area contributed by atoms with Crippen LogP contribution in [0.4, 0.5) is 5.69 Å². The van der Waals surface area contributed by atoms with E-state index in [4.69, 9.17) is 10.8 Å². The maximum atomic E-state index is 5.82. The van der Waals surface area contributed by atoms with E-state index in [0.29, 0.717) is 5.92 Å². The normalized spacial score (nSPS) is 15.9. The molecule has 0 bridgehead atoms. The van der Waals surface area contributed by atoms with Gasteiger partial charge in [0.2, 0.25) is 0 Å². The van der Waals surface area contributed by atoms with Crippen LogP contribution in [0.15, 0.2) is 18.2 Å². The maximum Gasteiger partial charge on any atom is 0.0726 e. The highest BCUT2D eigenvalue weighted by Gasteiger charge is 2.18. The summed E-state index contributed by atoms with van der Waals surface area (Å²) in [5.74, 6) is 6.39. The van der Waals surface area contributed by atoms with Crippen molar-refractivity contribution in [1.29, 1.82) is 0 Å². The third-order valence-electron chi connectivity index (χ3n) is 4.61. The number of rotatable bonds is 3. The largest absolute Gasteiger partial charge is 0.323 e. The maximum absolute atomic E-state index is 5.82. The number of nitrogens with one attached hydrogen (secondary N) is 1. The summed E-state index contributed by atoms with van der Waals surface area (Å²) in [6.45, 7) is 4.49. The number of nitrogen functional groups attached to an aromatic ring is 1. The van der Waals surface area contributed by atoms with Crippen molar-refractivity contribution in [3.8, 4) is 0 Å². The molecule has 3 rings (SSSR count). The van der Waals surface area contributed by atoms with E-state index in [-0.39, 0.29) is 0 Å². The van der Waals surface area contributed by atoms with Crippen molar-refractivity contribution in [3.63, 3.8) is 0 Å². The molecular formula is C17H23N3. The minimum absolute atomic E-state index is 0.570. The van der Waals surface area contributed by atoms with Gasteiger partial charge in [0.15, 0.2) is 0 Å². The summed E-state index contributed by atoms with van der Waals surface area (Å²) < 4.78 is 0. The smallest absolute Gasteiger partial charge is 0.0726 e. The summed E-state index contributed by atoms with van der Waals surface area (Å²) in [4.78, 5) is 4.86. The monoisotopic (exact) mass is 269 g/mol. The highest BCUT2D eigenvalue weighted by Crippen LogP contribution is 2.34. The molecule has 2 aromatic rings. The number of hydrogen-bond acceptors (Lipinski definition) is 3. The van der Waals surface area contributed by atoms with E-state index in [0.717, 1.165) is 30.5 Å². The summed E-state index contributed by atoms with van der Waals surface area (Å²) in [6.07, 6.45) is 5.79. The Hall–Kier alpha value is -1.61. The van der Waals surface area contributed by atoms with Crippen molar-refractivity contribution < 1.29 is 0 Å². The SMILES string of the molecule is CCC(C)c1ccc2nc3c(c(NN)c2c1)CCCC3. The Morgan fingerprint density at radius 1 is 1.30 bits per heavy atom. The van der Waals surface area contributed by atoms with Gasteiger partial charge in [0.05, 0.1) is 11.2 Å². The molecule has 3 heteroatoms. The number of hydrazine groups is 1. The first-order chi connectivity index (χ1) is 9.74. The predicted molar refractivity (Wildman–Crippen MR) is 84.9 cm³/mol. The van der Waals surface area contributed by atoms with Crippen LogP contribution < -0.4 is 11.3 Å². The number of aryl methyl sites for hydroxylation is 1. The fourth-order valence-corrected chi connectivity index (χ4v) is 3.15. The van der Waals surface area contributed by atoms with Gasteiger partial charge in [-0.05, 0) is 61.3 Å². The topological polar surface area (TPSA) is 50.9 Å². The van der Waals surface area contributed by atoms with Crippen LogP contribution in [-0.2, 0) is 12.8 Å². The molecule has 0 fully saturated rings. The van der Waals surface area contributed by atoms with Crippen molar-refractivity contribution >= 4 is 16.6 Å². The third-order valence-corrected chi connectivity index (χ3v) is 4.61. The van der Waals surface area contributed by atoms with Gasteiger partial charge in [-0.25, -0.2) is 0 Å². The fraction of sp³-hybridized carbons (Fsp3) is 0.471. The highest BCUT2D eigenvalue weighted by atomic mass is 15.2. The molecule has 3 N–H and O–H groups in total. The summed E-state index contributed by atoms with van der Waals surface area (Å²) in [5, 5.41) is 1.17. The molecule has 106 valence electrons. The Bertz CT molecular complexity index is 634. The second-order valence-electron chi connectivity index (χ2n) is 5.85. The van der Waals surface area contributed by atoms with Gasteiger partial charge < -0.3 is 5.43 Å². The lowest BCUT2D eigenvalue weighted by Gasteiger charge is -2.21. The number of benzene rings is 1. The Balaban J connectivity index is 2.22. The first kappa shape index (κ1) is 13.4. The molecule has 0 radical (unpaired) electrons. The molecule has 0 aliphatic heterocycles. The molecule has 1 unspecified atom stereocenters. The first-order valence-corrected chi connectivity index (χ1v) is 7.66. The van der Waals surface area contributed by atoms with E-state index in [1.807, 2.05) is 0 Å². The van der Waals surface area contributed by atoms with Crippen LogP contribution in [-0.4, -0.2) is 4.98 Å². The second-order valence-corrected chi connectivity index (χ2v) is 5.85. The molecule has 0 saturated carbocycles. The van der Waals surface area contributed by atoms with E-state index in [2.05, 4.69) is 37.5 Å². The Morgan fingerprint density at radius 3 is 2.85 bits per heavy atom. The number of aromatic nitrogens is 1. The van der Waals surface area contributed by atoms with E-state index < -0.39 is 0 Å². The number of pyridine rings is 1. The standard InChI is InChI=1S/C17H23N3/c1-3-11(2)12-8-9-16-14(10-12)17(20-18)13-6-4-5-7-15(13)19-16/h8-11H,3-7,18H2,1-2H3,(H,19,20). The van der Waals surface area contributed by atoms with Gasteiger partial charge in [0.25, 0.3) is 0 Å². The Morgan fingerprint density at radius 2 is 2.10 bits per heavy atom. The van der Waals surface area contributed by atoms with E-state index in [1.54, 1.807) is 0 Å². The van der Waals surface area contributed by atoms with Crippen molar-refractivity contribution in [3.05, 3.63) is 35.0 Å². The minimum Gasteiger partial charge on any atom is -0.323 e. The van der Waals surface area contributed by atoms with Gasteiger partial charge in [-0.15, -0.1) is 0 Å². The van der Waals surface area contributed by atoms with E-state index in [1.165, 1.54) is 35.0 Å². The zero-order valence-corrected chi connectivity index (χ0v) is 12.4. The van der Waals surface area contributed by atoms with Gasteiger partial charge >= 0.3 is 0 Å². The van der Waals surface area contributed by atoms with Crippen molar-refractivity contribution in [1.82, 2.24) is 4.98 Å². The van der Waals surface area contributed by atoms with Crippen molar-refractivity contribution in [2.45, 2.75) is 51.9 Å². The summed E-state index contributed by atoms with van der Waals surface area (Å²) in [7, 11) is 0. The Labute approximate surface area is 120 Å². The van der Waals surface area contributed by atoms with Gasteiger partial charge in [-0.3, -0.25) is 10.8 Å². The highest BCUT2D eigenvalue weighted by molar-refractivity contribution is 5.94. The van der Waals surface area contributed by atoms with Crippen LogP contribution in [0.1, 0.15) is 55.8 Å². The van der Waals surface area contributed by atoms with Gasteiger partial charge in [-0.2, -0.15) is 0 Å². The molecule has 1 heterocycles. The molecule has 0 amide bonds. The lowest BCUT2D eigenvalue weighted by molar-refractivity contribution is 0.672. The number of nitrogens with two attached hydrogens (primary N) is 1. The van der Waals surface area contributed by atoms with Crippen molar-refractivity contribution in [2.75, 3.05) is 5.43 Å². The quantitative estimate of drug-likeness (QED) is 0.656. The van der Waals surface area contributed by atoms with Crippen LogP contribution in [0.5, 0.6) is 0 Å². The molecule has 1 aliphatic carbocycles. The van der Waals surface area contributed by atoms with Gasteiger partial charge in [0, 0.05) is 11.1 Å². The fourth-order valence-electron chi connectivity index (χ4n) is 3.15. The molecule has 1 aliphatic rings. The number of nitrogens with zero attached hydrogens (tertiary/aromatic N) is 1. The van der Waals surface area contributed by atoms with Crippen LogP contribution >= 0.6 is 0 Å². The molecule has 1 aromatic heterocycles. The molecule has 20 heavy (non-hydrogen) atoms. The predicted octanol–water partition coefficient (Wildman–Crippen LogP) is 3.91. The number of hydrogen-bond donors (Lipinski definition) is 2. The average molecular weight is 269 g/mol. The zero-order valence-electron chi connectivity index (χ0n) is 12.4. The molecule has 1 atom stereocenters. The Kier molecular flexibility index (Phi) is 3.62. The first-order valence-electron chi connectivity index (χ1n) is 7.66. The van der Waals surface area contributed by atoms with Crippen LogP contribution in [0, 0.1) is 0 Å². The van der Waals surface area contributed by atoms with E-state index in [9.17, 15) is 0 Å². The summed E-state index contributed by atoms with van der Waals surface area (Å²) >= 11 is 0. The number of anilines is 1. The second kappa shape index (κ2) is 5.41. The van der Waals surface area contributed by atoms with Crippen LogP contribution in [0.2, 0.25) is 0 Å². The van der Waals surface area contributed by atoms with Crippen LogP contribution in [0.3, 0.4) is 0 Å². The lowest BCUT2D eigenvalue weighted by Crippen LogP contribution is -2.15. The van der Waals surface area contributed by atoms with Crippen LogP contribution in [0.25, 0.3) is 10.9 Å². The summed E-state index contributed by atoms with van der Waals surface area (Å²) in [5.41, 5.74) is 9.02. The zero-order chi connectivity index (χ0) is 14.1. The third kappa shape index (κ3) is 2.16. The van der Waals surface area contributed by atoms with Gasteiger partial charge in [0.1, 0.15) is 0 Å². The molecule has 1 aromatic carbocycles. The molecule has 0 spiro atoms. The molecular weight excluding hydrogens is 246 g/mol. The average Bonchev–Trinajstić information content (AvgIpc) is 2.51. The van der Waals surface area contributed by atoms with Gasteiger partial charge in [-0.1, -0.05) is 19.9 Å². The van der Waals surface area contributed by atoms with Crippen molar-refractivity contribution in [2.24, 2.45) is 5.84 Å².